The third-order valence-electron chi connectivity index (χ3n) is 4.54. The summed E-state index contributed by atoms with van der Waals surface area (Å²) in [5, 5.41) is 5.75. The fraction of sp³-hybridized carbons (Fsp3) is 0.160. The Labute approximate surface area is 193 Å². The van der Waals surface area contributed by atoms with Gasteiger partial charge >= 0.3 is 0 Å². The fourth-order valence-corrected chi connectivity index (χ4v) is 3.25. The average Bonchev–Trinajstić information content (AvgIpc) is 2.78. The number of nitrogens with one attached hydrogen (secondary N) is 2. The topological polar surface area (TPSA) is 70.7 Å². The highest BCUT2D eigenvalue weighted by molar-refractivity contribution is 7.80. The van der Waals surface area contributed by atoms with Crippen molar-refractivity contribution in [2.24, 2.45) is 0 Å². The highest BCUT2D eigenvalue weighted by Gasteiger charge is 2.16. The van der Waals surface area contributed by atoms with Crippen LogP contribution in [0.2, 0.25) is 0 Å². The molecule has 164 valence electrons. The van der Waals surface area contributed by atoms with Crippen molar-refractivity contribution in [2.45, 2.75) is 20.0 Å². The maximum Gasteiger partial charge on any atom is 0.261 e. The summed E-state index contributed by atoms with van der Waals surface area (Å²) in [7, 11) is 1.72. The molecule has 0 unspecified atom stereocenters. The van der Waals surface area contributed by atoms with Gasteiger partial charge in [-0.1, -0.05) is 36.4 Å². The lowest BCUT2D eigenvalue weighted by atomic mass is 10.1. The summed E-state index contributed by atoms with van der Waals surface area (Å²) < 4.78 is 5.70. The normalized spacial score (nSPS) is 10.4. The molecule has 3 rings (SSSR count). The molecule has 6 nitrogen and oxygen atoms in total. The van der Waals surface area contributed by atoms with Crippen molar-refractivity contribution < 1.29 is 14.3 Å². The Bertz CT molecular complexity index is 1120. The van der Waals surface area contributed by atoms with E-state index in [1.165, 1.54) is 0 Å². The zero-order valence-electron chi connectivity index (χ0n) is 18.2. The number of nitrogens with zero attached hydrogens (tertiary/aromatic N) is 1. The van der Waals surface area contributed by atoms with Crippen LogP contribution in [0.25, 0.3) is 0 Å². The van der Waals surface area contributed by atoms with E-state index in [-0.39, 0.29) is 23.0 Å². The standard InChI is InChI=1S/C25H25N3O3S/c1-17(2)31-22-15-8-7-14-21(22)23(29)27-25(32)26-19-11-9-10-18(16-19)24(30)28(3)20-12-5-4-6-13-20/h4-17H,1-3H3,(H2,26,27,29,32). The van der Waals surface area contributed by atoms with Gasteiger partial charge < -0.3 is 15.0 Å². The lowest BCUT2D eigenvalue weighted by molar-refractivity contribution is 0.0969. The highest BCUT2D eigenvalue weighted by Crippen LogP contribution is 2.20. The number of ether oxygens (including phenoxy) is 1. The molecule has 0 saturated heterocycles. The summed E-state index contributed by atoms with van der Waals surface area (Å²) in [6.45, 7) is 3.79. The quantitative estimate of drug-likeness (QED) is 0.527. The number of hydrogen-bond donors (Lipinski definition) is 2. The number of thiocarbonyl (C=S) groups is 1. The van der Waals surface area contributed by atoms with E-state index in [2.05, 4.69) is 10.6 Å². The molecular weight excluding hydrogens is 422 g/mol. The summed E-state index contributed by atoms with van der Waals surface area (Å²) in [6, 6.07) is 23.3. The summed E-state index contributed by atoms with van der Waals surface area (Å²) in [5.41, 5.74) is 2.26. The van der Waals surface area contributed by atoms with Gasteiger partial charge in [0.15, 0.2) is 5.11 Å². The van der Waals surface area contributed by atoms with Gasteiger partial charge in [0, 0.05) is 24.0 Å². The van der Waals surface area contributed by atoms with E-state index in [0.29, 0.717) is 22.6 Å². The van der Waals surface area contributed by atoms with Gasteiger partial charge in [-0.15, -0.1) is 0 Å². The van der Waals surface area contributed by atoms with Gasteiger partial charge in [0.2, 0.25) is 0 Å². The molecule has 2 amide bonds. The molecule has 0 saturated carbocycles. The molecule has 0 aliphatic rings. The van der Waals surface area contributed by atoms with Gasteiger partial charge in [-0.05, 0) is 68.5 Å². The first kappa shape index (κ1) is 23.0. The Morgan fingerprint density at radius 2 is 1.62 bits per heavy atom. The lowest BCUT2D eigenvalue weighted by Gasteiger charge is -2.18. The van der Waals surface area contributed by atoms with E-state index >= 15 is 0 Å². The molecule has 7 heteroatoms. The van der Waals surface area contributed by atoms with Crippen molar-refractivity contribution in [3.8, 4) is 5.75 Å². The van der Waals surface area contributed by atoms with Crippen molar-refractivity contribution >= 4 is 40.5 Å². The smallest absolute Gasteiger partial charge is 0.261 e. The average molecular weight is 448 g/mol. The van der Waals surface area contributed by atoms with E-state index < -0.39 is 0 Å². The van der Waals surface area contributed by atoms with Crippen LogP contribution in [0.4, 0.5) is 11.4 Å². The van der Waals surface area contributed by atoms with Gasteiger partial charge in [-0.25, -0.2) is 0 Å². The molecule has 0 aromatic heterocycles. The molecule has 3 aromatic rings. The van der Waals surface area contributed by atoms with Gasteiger partial charge in [0.05, 0.1) is 11.7 Å². The molecule has 0 radical (unpaired) electrons. The number of hydrogen-bond acceptors (Lipinski definition) is 4. The first-order valence-corrected chi connectivity index (χ1v) is 10.6. The van der Waals surface area contributed by atoms with Gasteiger partial charge in [-0.2, -0.15) is 0 Å². The van der Waals surface area contributed by atoms with E-state index in [1.54, 1.807) is 60.5 Å². The van der Waals surface area contributed by atoms with E-state index in [1.807, 2.05) is 44.2 Å². The van der Waals surface area contributed by atoms with Crippen LogP contribution in [0.15, 0.2) is 78.9 Å². The van der Waals surface area contributed by atoms with Crippen LogP contribution < -0.4 is 20.3 Å². The molecule has 0 heterocycles. The Kier molecular flexibility index (Phi) is 7.57. The Balaban J connectivity index is 1.68. The molecule has 0 atom stereocenters. The largest absolute Gasteiger partial charge is 0.490 e. The number of benzene rings is 3. The summed E-state index contributed by atoms with van der Waals surface area (Å²) in [4.78, 5) is 27.1. The van der Waals surface area contributed by atoms with E-state index in [9.17, 15) is 9.59 Å². The summed E-state index contributed by atoms with van der Waals surface area (Å²) >= 11 is 5.30. The molecule has 3 aromatic carbocycles. The van der Waals surface area contributed by atoms with Crippen LogP contribution in [-0.2, 0) is 0 Å². The van der Waals surface area contributed by atoms with Crippen LogP contribution in [0.1, 0.15) is 34.6 Å². The highest BCUT2D eigenvalue weighted by atomic mass is 32.1. The Morgan fingerprint density at radius 1 is 0.938 bits per heavy atom. The second-order valence-electron chi connectivity index (χ2n) is 7.35. The maximum absolute atomic E-state index is 12.9. The lowest BCUT2D eigenvalue weighted by Crippen LogP contribution is -2.34. The van der Waals surface area contributed by atoms with Crippen molar-refractivity contribution in [1.82, 2.24) is 5.32 Å². The maximum atomic E-state index is 12.9. The van der Waals surface area contributed by atoms with Gasteiger partial charge in [-0.3, -0.25) is 14.9 Å². The minimum absolute atomic E-state index is 0.0664. The van der Waals surface area contributed by atoms with Crippen LogP contribution in [-0.4, -0.2) is 30.1 Å². The number of carbonyl (C=O) groups is 2. The minimum Gasteiger partial charge on any atom is -0.490 e. The molecule has 0 bridgehead atoms. The summed E-state index contributed by atoms with van der Waals surface area (Å²) in [5.74, 6) is -0.0521. The van der Waals surface area contributed by atoms with Gasteiger partial charge in [0.1, 0.15) is 5.75 Å². The van der Waals surface area contributed by atoms with E-state index in [0.717, 1.165) is 5.69 Å². The molecular formula is C25H25N3O3S. The minimum atomic E-state index is -0.380. The second kappa shape index (κ2) is 10.5. The molecule has 0 spiro atoms. The van der Waals surface area contributed by atoms with Crippen LogP contribution in [0.3, 0.4) is 0 Å². The number of para-hydroxylation sites is 2. The van der Waals surface area contributed by atoms with Crippen LogP contribution >= 0.6 is 12.2 Å². The molecule has 0 fully saturated rings. The van der Waals surface area contributed by atoms with Gasteiger partial charge in [0.25, 0.3) is 11.8 Å². The Morgan fingerprint density at radius 3 is 2.34 bits per heavy atom. The molecule has 0 aliphatic heterocycles. The SMILES string of the molecule is CC(C)Oc1ccccc1C(=O)NC(=S)Nc1cccc(C(=O)N(C)c2ccccc2)c1. The zero-order chi connectivity index (χ0) is 23.1. The van der Waals surface area contributed by atoms with Crippen molar-refractivity contribution in [2.75, 3.05) is 17.3 Å². The number of amides is 2. The van der Waals surface area contributed by atoms with Crippen LogP contribution in [0, 0.1) is 0 Å². The molecule has 0 aliphatic carbocycles. The fourth-order valence-electron chi connectivity index (χ4n) is 3.04. The predicted octanol–water partition coefficient (Wildman–Crippen LogP) is 4.88. The zero-order valence-corrected chi connectivity index (χ0v) is 19.0. The van der Waals surface area contributed by atoms with Crippen molar-refractivity contribution in [1.29, 1.82) is 0 Å². The third-order valence-corrected chi connectivity index (χ3v) is 4.74. The summed E-state index contributed by atoms with van der Waals surface area (Å²) in [6.07, 6.45) is -0.0664. The second-order valence-corrected chi connectivity index (χ2v) is 7.76. The predicted molar refractivity (Wildman–Crippen MR) is 132 cm³/mol. The van der Waals surface area contributed by atoms with E-state index in [4.69, 9.17) is 17.0 Å². The van der Waals surface area contributed by atoms with Crippen molar-refractivity contribution in [3.63, 3.8) is 0 Å². The monoisotopic (exact) mass is 447 g/mol. The van der Waals surface area contributed by atoms with Crippen LogP contribution in [0.5, 0.6) is 5.75 Å². The first-order valence-electron chi connectivity index (χ1n) is 10.2. The number of carbonyl (C=O) groups excluding carboxylic acids is 2. The number of anilines is 2. The van der Waals surface area contributed by atoms with Crippen molar-refractivity contribution in [3.05, 3.63) is 90.0 Å². The third kappa shape index (κ3) is 5.92. The molecule has 2 N–H and O–H groups in total. The number of rotatable bonds is 6. The molecule has 32 heavy (non-hydrogen) atoms. The first-order chi connectivity index (χ1) is 15.3. The Hall–Kier alpha value is -3.71.